The first-order chi connectivity index (χ1) is 10.2. The van der Waals surface area contributed by atoms with E-state index in [1.54, 1.807) is 12.1 Å². The lowest BCUT2D eigenvalue weighted by Crippen LogP contribution is -2.14. The van der Waals surface area contributed by atoms with Gasteiger partial charge in [0.15, 0.2) is 0 Å². The highest BCUT2D eigenvalue weighted by atomic mass is 16.5. The standard InChI is InChI=1S/C17H17NO3/c1-21-17(20)13-6-8-16-12(9-13)5-7-15(18-16)11-3-2-4-14(19)10-11/h5-9,11H,2-4,10H2,1H3. The van der Waals surface area contributed by atoms with Gasteiger partial charge < -0.3 is 4.74 Å². The highest BCUT2D eigenvalue weighted by molar-refractivity contribution is 5.94. The zero-order chi connectivity index (χ0) is 14.8. The summed E-state index contributed by atoms with van der Waals surface area (Å²) >= 11 is 0. The maximum Gasteiger partial charge on any atom is 0.337 e. The van der Waals surface area contributed by atoms with Crippen molar-refractivity contribution in [1.29, 1.82) is 0 Å². The van der Waals surface area contributed by atoms with Crippen LogP contribution in [0.2, 0.25) is 0 Å². The Balaban J connectivity index is 1.93. The van der Waals surface area contributed by atoms with E-state index in [2.05, 4.69) is 4.98 Å². The van der Waals surface area contributed by atoms with Gasteiger partial charge in [-0.25, -0.2) is 4.79 Å². The van der Waals surface area contributed by atoms with Gasteiger partial charge in [-0.3, -0.25) is 9.78 Å². The zero-order valence-electron chi connectivity index (χ0n) is 12.0. The van der Waals surface area contributed by atoms with Gasteiger partial charge in [-0.05, 0) is 37.1 Å². The van der Waals surface area contributed by atoms with E-state index in [4.69, 9.17) is 4.74 Å². The summed E-state index contributed by atoms with van der Waals surface area (Å²) in [5.41, 5.74) is 2.34. The number of ether oxygens (including phenoxy) is 1. The number of hydrogen-bond donors (Lipinski definition) is 0. The number of methoxy groups -OCH3 is 1. The van der Waals surface area contributed by atoms with Crippen LogP contribution in [0.5, 0.6) is 0 Å². The van der Waals surface area contributed by atoms with E-state index < -0.39 is 0 Å². The number of hydrogen-bond acceptors (Lipinski definition) is 4. The largest absolute Gasteiger partial charge is 0.465 e. The number of carbonyl (C=O) groups excluding carboxylic acids is 2. The minimum atomic E-state index is -0.348. The molecule has 0 N–H and O–H groups in total. The Morgan fingerprint density at radius 1 is 1.29 bits per heavy atom. The van der Waals surface area contributed by atoms with Crippen LogP contribution in [-0.2, 0) is 9.53 Å². The number of rotatable bonds is 2. The summed E-state index contributed by atoms with van der Waals surface area (Å²) in [6, 6.07) is 9.26. The fourth-order valence-electron chi connectivity index (χ4n) is 2.89. The van der Waals surface area contributed by atoms with Crippen molar-refractivity contribution in [1.82, 2.24) is 4.98 Å². The monoisotopic (exact) mass is 283 g/mol. The molecule has 1 aliphatic rings. The molecule has 4 heteroatoms. The Bertz CT molecular complexity index is 708. The van der Waals surface area contributed by atoms with Gasteiger partial charge in [-0.2, -0.15) is 0 Å². The molecule has 0 amide bonds. The second-order valence-corrected chi connectivity index (χ2v) is 5.47. The number of Topliss-reactive ketones (excluding diaryl/α,β-unsaturated/α-hetero) is 1. The van der Waals surface area contributed by atoms with Crippen molar-refractivity contribution in [2.45, 2.75) is 31.6 Å². The van der Waals surface area contributed by atoms with E-state index in [-0.39, 0.29) is 11.9 Å². The number of aromatic nitrogens is 1. The molecule has 108 valence electrons. The topological polar surface area (TPSA) is 56.3 Å². The van der Waals surface area contributed by atoms with E-state index in [1.165, 1.54) is 7.11 Å². The van der Waals surface area contributed by atoms with Crippen LogP contribution in [0.1, 0.15) is 47.7 Å². The fraction of sp³-hybridized carbons (Fsp3) is 0.353. The molecular weight excluding hydrogens is 266 g/mol. The summed E-state index contributed by atoms with van der Waals surface area (Å²) < 4.78 is 4.72. The molecule has 0 spiro atoms. The Morgan fingerprint density at radius 2 is 2.14 bits per heavy atom. The SMILES string of the molecule is COC(=O)c1ccc2nc(C3CCCC(=O)C3)ccc2c1. The molecule has 1 aromatic heterocycles. The molecule has 2 aromatic rings. The number of pyridine rings is 1. The van der Waals surface area contributed by atoms with Crippen molar-refractivity contribution in [3.05, 3.63) is 41.6 Å². The van der Waals surface area contributed by atoms with Crippen LogP contribution in [0.15, 0.2) is 30.3 Å². The molecule has 1 heterocycles. The minimum absolute atomic E-state index is 0.232. The summed E-state index contributed by atoms with van der Waals surface area (Å²) in [5, 5.41) is 0.906. The van der Waals surface area contributed by atoms with Crippen LogP contribution in [0.25, 0.3) is 10.9 Å². The van der Waals surface area contributed by atoms with Gasteiger partial charge >= 0.3 is 5.97 Å². The second-order valence-electron chi connectivity index (χ2n) is 5.47. The number of nitrogens with zero attached hydrogens (tertiary/aromatic N) is 1. The quantitative estimate of drug-likeness (QED) is 0.794. The summed E-state index contributed by atoms with van der Waals surface area (Å²) in [4.78, 5) is 27.8. The molecule has 4 nitrogen and oxygen atoms in total. The molecule has 0 bridgehead atoms. The van der Waals surface area contributed by atoms with E-state index in [0.717, 1.165) is 29.4 Å². The summed E-state index contributed by atoms with van der Waals surface area (Å²) in [5.74, 6) is 0.212. The van der Waals surface area contributed by atoms with Crippen molar-refractivity contribution >= 4 is 22.7 Å². The molecular formula is C17H17NO3. The van der Waals surface area contributed by atoms with Gasteiger partial charge in [0.25, 0.3) is 0 Å². The van der Waals surface area contributed by atoms with Crippen LogP contribution in [0.4, 0.5) is 0 Å². The third kappa shape index (κ3) is 2.79. The highest BCUT2D eigenvalue weighted by Crippen LogP contribution is 2.30. The predicted molar refractivity (Wildman–Crippen MR) is 79.3 cm³/mol. The van der Waals surface area contributed by atoms with Crippen LogP contribution in [0, 0.1) is 0 Å². The Kier molecular flexibility index (Phi) is 3.69. The van der Waals surface area contributed by atoms with Gasteiger partial charge in [0.2, 0.25) is 0 Å². The van der Waals surface area contributed by atoms with Gasteiger partial charge in [0.1, 0.15) is 5.78 Å². The lowest BCUT2D eigenvalue weighted by molar-refractivity contribution is -0.120. The molecule has 1 unspecified atom stereocenters. The number of esters is 1. The number of ketones is 1. The lowest BCUT2D eigenvalue weighted by atomic mass is 9.85. The van der Waals surface area contributed by atoms with Crippen LogP contribution in [0.3, 0.4) is 0 Å². The molecule has 1 aromatic carbocycles. The van der Waals surface area contributed by atoms with E-state index in [1.807, 2.05) is 18.2 Å². The summed E-state index contributed by atoms with van der Waals surface area (Å²) in [6.45, 7) is 0. The fourth-order valence-corrected chi connectivity index (χ4v) is 2.89. The molecule has 21 heavy (non-hydrogen) atoms. The molecule has 0 aliphatic heterocycles. The normalized spacial score (nSPS) is 18.7. The first-order valence-electron chi connectivity index (χ1n) is 7.18. The predicted octanol–water partition coefficient (Wildman–Crippen LogP) is 3.25. The Hall–Kier alpha value is -2.23. The molecule has 1 saturated carbocycles. The Morgan fingerprint density at radius 3 is 2.90 bits per heavy atom. The van der Waals surface area contributed by atoms with Gasteiger partial charge in [0.05, 0.1) is 18.2 Å². The zero-order valence-corrected chi connectivity index (χ0v) is 12.0. The average molecular weight is 283 g/mol. The summed E-state index contributed by atoms with van der Waals surface area (Å²) in [7, 11) is 1.37. The van der Waals surface area contributed by atoms with Crippen LogP contribution in [-0.4, -0.2) is 23.8 Å². The van der Waals surface area contributed by atoms with Crippen molar-refractivity contribution in [2.24, 2.45) is 0 Å². The van der Waals surface area contributed by atoms with Gasteiger partial charge in [0, 0.05) is 29.8 Å². The third-order valence-electron chi connectivity index (χ3n) is 4.03. The minimum Gasteiger partial charge on any atom is -0.465 e. The second kappa shape index (κ2) is 5.64. The molecule has 1 aliphatic carbocycles. The smallest absolute Gasteiger partial charge is 0.337 e. The van der Waals surface area contributed by atoms with Gasteiger partial charge in [-0.15, -0.1) is 0 Å². The molecule has 1 atom stereocenters. The highest BCUT2D eigenvalue weighted by Gasteiger charge is 2.22. The number of benzene rings is 1. The summed E-state index contributed by atoms with van der Waals surface area (Å²) in [6.07, 6.45) is 3.26. The van der Waals surface area contributed by atoms with Crippen LogP contribution < -0.4 is 0 Å². The molecule has 3 rings (SSSR count). The van der Waals surface area contributed by atoms with Crippen LogP contribution >= 0.6 is 0 Å². The van der Waals surface area contributed by atoms with Gasteiger partial charge in [-0.1, -0.05) is 6.07 Å². The van der Waals surface area contributed by atoms with E-state index >= 15 is 0 Å². The van der Waals surface area contributed by atoms with Crippen molar-refractivity contribution in [2.75, 3.05) is 7.11 Å². The first-order valence-corrected chi connectivity index (χ1v) is 7.18. The number of carbonyl (C=O) groups is 2. The third-order valence-corrected chi connectivity index (χ3v) is 4.03. The maximum absolute atomic E-state index is 11.6. The van der Waals surface area contributed by atoms with Crippen molar-refractivity contribution in [3.8, 4) is 0 Å². The first kappa shape index (κ1) is 13.7. The molecule has 0 radical (unpaired) electrons. The molecule has 1 fully saturated rings. The molecule has 0 saturated heterocycles. The van der Waals surface area contributed by atoms with E-state index in [0.29, 0.717) is 24.2 Å². The number of fused-ring (bicyclic) bond motifs is 1. The average Bonchev–Trinajstić information content (AvgIpc) is 2.53. The van der Waals surface area contributed by atoms with E-state index in [9.17, 15) is 9.59 Å². The van der Waals surface area contributed by atoms with Crippen molar-refractivity contribution in [3.63, 3.8) is 0 Å². The van der Waals surface area contributed by atoms with Crippen molar-refractivity contribution < 1.29 is 14.3 Å². The lowest BCUT2D eigenvalue weighted by Gasteiger charge is -2.20. The maximum atomic E-state index is 11.6. The Labute approximate surface area is 123 Å².